The van der Waals surface area contributed by atoms with E-state index in [-0.39, 0.29) is 12.0 Å². The molecule has 1 aromatic carbocycles. The second-order valence-corrected chi connectivity index (χ2v) is 6.21. The lowest BCUT2D eigenvalue weighted by Crippen LogP contribution is -2.29. The van der Waals surface area contributed by atoms with Gasteiger partial charge in [-0.25, -0.2) is 0 Å². The minimum absolute atomic E-state index is 0.0207. The van der Waals surface area contributed by atoms with Gasteiger partial charge in [0.25, 0.3) is 0 Å². The molecule has 0 saturated heterocycles. The molecule has 2 unspecified atom stereocenters. The molecule has 0 fully saturated rings. The average molecular weight is 295 g/mol. The van der Waals surface area contributed by atoms with E-state index < -0.39 is 0 Å². The van der Waals surface area contributed by atoms with Gasteiger partial charge in [0.15, 0.2) is 0 Å². The molecule has 2 atom stereocenters. The van der Waals surface area contributed by atoms with Gasteiger partial charge in [-0.1, -0.05) is 6.07 Å². The third-order valence-electron chi connectivity index (χ3n) is 3.67. The van der Waals surface area contributed by atoms with Gasteiger partial charge in [-0.3, -0.25) is 4.79 Å². The summed E-state index contributed by atoms with van der Waals surface area (Å²) in [6.45, 7) is 0. The molecule has 1 aliphatic carbocycles. The van der Waals surface area contributed by atoms with Crippen LogP contribution in [0.5, 0.6) is 5.75 Å². The van der Waals surface area contributed by atoms with Crippen molar-refractivity contribution in [1.29, 1.82) is 0 Å². The van der Waals surface area contributed by atoms with Crippen molar-refractivity contribution >= 4 is 17.7 Å². The second kappa shape index (κ2) is 6.99. The molecule has 0 aromatic heterocycles. The maximum Gasteiger partial charge on any atom is 0.306 e. The number of benzene rings is 1. The van der Waals surface area contributed by atoms with Crippen LogP contribution in [0.3, 0.4) is 0 Å². The number of aryl methyl sites for hydroxylation is 1. The highest BCUT2D eigenvalue weighted by molar-refractivity contribution is 7.99. The molecule has 1 aliphatic rings. The summed E-state index contributed by atoms with van der Waals surface area (Å²) in [4.78, 5) is 11.1. The Morgan fingerprint density at radius 2 is 2.25 bits per heavy atom. The quantitative estimate of drug-likeness (QED) is 0.845. The van der Waals surface area contributed by atoms with Crippen LogP contribution in [0, 0.1) is 0 Å². The number of methoxy groups -OCH3 is 2. The summed E-state index contributed by atoms with van der Waals surface area (Å²) in [6.07, 6.45) is 2.49. The number of ether oxygens (including phenoxy) is 2. The summed E-state index contributed by atoms with van der Waals surface area (Å²) in [5, 5.41) is 0.362. The van der Waals surface area contributed by atoms with Crippen LogP contribution >= 0.6 is 11.8 Å². The second-order valence-electron chi connectivity index (χ2n) is 4.86. The van der Waals surface area contributed by atoms with E-state index in [9.17, 15) is 4.79 Å². The van der Waals surface area contributed by atoms with Crippen molar-refractivity contribution < 1.29 is 14.3 Å². The van der Waals surface area contributed by atoms with E-state index in [1.807, 2.05) is 6.07 Å². The molecule has 0 heterocycles. The Labute approximate surface area is 124 Å². The third kappa shape index (κ3) is 3.46. The van der Waals surface area contributed by atoms with Crippen molar-refractivity contribution in [2.45, 2.75) is 30.6 Å². The fourth-order valence-electron chi connectivity index (χ4n) is 2.51. The lowest BCUT2D eigenvalue weighted by molar-refractivity contribution is -0.140. The fourth-order valence-corrected chi connectivity index (χ4v) is 3.74. The van der Waals surface area contributed by atoms with E-state index in [2.05, 4.69) is 16.9 Å². The number of nitrogens with two attached hydrogens (primary N) is 1. The minimum atomic E-state index is -0.160. The highest BCUT2D eigenvalue weighted by atomic mass is 32.2. The zero-order valence-electron chi connectivity index (χ0n) is 11.9. The van der Waals surface area contributed by atoms with Crippen LogP contribution in [0.2, 0.25) is 0 Å². The minimum Gasteiger partial charge on any atom is -0.497 e. The molecule has 4 nitrogen and oxygen atoms in total. The summed E-state index contributed by atoms with van der Waals surface area (Å²) in [5.74, 6) is 1.48. The van der Waals surface area contributed by atoms with Gasteiger partial charge in [0, 0.05) is 17.0 Å². The van der Waals surface area contributed by atoms with E-state index in [1.165, 1.54) is 18.2 Å². The number of thioether (sulfide) groups is 1. The zero-order chi connectivity index (χ0) is 14.5. The summed E-state index contributed by atoms with van der Waals surface area (Å²) in [7, 11) is 3.10. The Morgan fingerprint density at radius 1 is 1.45 bits per heavy atom. The Morgan fingerprint density at radius 3 is 2.95 bits per heavy atom. The van der Waals surface area contributed by atoms with Crippen molar-refractivity contribution in [2.24, 2.45) is 5.73 Å². The first-order valence-corrected chi connectivity index (χ1v) is 7.81. The van der Waals surface area contributed by atoms with Crippen molar-refractivity contribution in [1.82, 2.24) is 0 Å². The molecular formula is C15H21NO3S. The number of carbonyl (C=O) groups is 1. The normalized spacial score (nSPS) is 21.1. The van der Waals surface area contributed by atoms with E-state index in [4.69, 9.17) is 10.5 Å². The first kappa shape index (κ1) is 15.2. The average Bonchev–Trinajstić information content (AvgIpc) is 2.48. The van der Waals surface area contributed by atoms with Gasteiger partial charge in [0.2, 0.25) is 0 Å². The predicted octanol–water partition coefficient (Wildman–Crippen LogP) is 2.31. The van der Waals surface area contributed by atoms with Crippen LogP contribution in [0.15, 0.2) is 18.2 Å². The molecule has 2 N–H and O–H groups in total. The smallest absolute Gasteiger partial charge is 0.306 e. The van der Waals surface area contributed by atoms with Gasteiger partial charge >= 0.3 is 5.97 Å². The van der Waals surface area contributed by atoms with Gasteiger partial charge in [-0.2, -0.15) is 11.8 Å². The molecule has 5 heteroatoms. The fraction of sp³-hybridized carbons (Fsp3) is 0.533. The number of fused-ring (bicyclic) bond motifs is 1. The molecule has 0 radical (unpaired) electrons. The van der Waals surface area contributed by atoms with Crippen LogP contribution in [-0.2, 0) is 16.0 Å². The van der Waals surface area contributed by atoms with E-state index in [0.717, 1.165) is 24.3 Å². The zero-order valence-corrected chi connectivity index (χ0v) is 12.7. The number of hydrogen-bond donors (Lipinski definition) is 1. The lowest BCUT2D eigenvalue weighted by atomic mass is 9.87. The lowest BCUT2D eigenvalue weighted by Gasteiger charge is -2.30. The van der Waals surface area contributed by atoms with E-state index >= 15 is 0 Å². The van der Waals surface area contributed by atoms with Gasteiger partial charge in [-0.15, -0.1) is 0 Å². The van der Waals surface area contributed by atoms with Gasteiger partial charge in [-0.05, 0) is 36.1 Å². The number of carbonyl (C=O) groups excluding carboxylic acids is 1. The first-order valence-electron chi connectivity index (χ1n) is 6.76. The monoisotopic (exact) mass is 295 g/mol. The molecule has 0 saturated carbocycles. The van der Waals surface area contributed by atoms with Gasteiger partial charge < -0.3 is 15.2 Å². The molecule has 0 bridgehead atoms. The molecule has 0 aliphatic heterocycles. The Hall–Kier alpha value is -1.20. The highest BCUT2D eigenvalue weighted by Gasteiger charge is 2.27. The SMILES string of the molecule is COC(=O)CCSC1CCc2cc(OC)ccc2C1N. The number of esters is 1. The predicted molar refractivity (Wildman–Crippen MR) is 81.1 cm³/mol. The van der Waals surface area contributed by atoms with E-state index in [1.54, 1.807) is 18.9 Å². The van der Waals surface area contributed by atoms with Crippen molar-refractivity contribution in [3.8, 4) is 5.75 Å². The summed E-state index contributed by atoms with van der Waals surface area (Å²) in [6, 6.07) is 6.11. The van der Waals surface area contributed by atoms with E-state index in [0.29, 0.717) is 11.7 Å². The Bertz CT molecular complexity index is 478. The molecule has 20 heavy (non-hydrogen) atoms. The first-order chi connectivity index (χ1) is 9.65. The van der Waals surface area contributed by atoms with Crippen molar-refractivity contribution in [2.75, 3.05) is 20.0 Å². The van der Waals surface area contributed by atoms with Crippen LogP contribution in [-0.4, -0.2) is 31.2 Å². The maximum atomic E-state index is 11.1. The topological polar surface area (TPSA) is 61.5 Å². The maximum absolute atomic E-state index is 11.1. The van der Waals surface area contributed by atoms with Crippen LogP contribution in [0.1, 0.15) is 30.0 Å². The molecule has 0 spiro atoms. The largest absolute Gasteiger partial charge is 0.497 e. The Balaban J connectivity index is 1.97. The van der Waals surface area contributed by atoms with Gasteiger partial charge in [0.1, 0.15) is 5.75 Å². The summed E-state index contributed by atoms with van der Waals surface area (Å²) in [5.41, 5.74) is 8.83. The molecular weight excluding hydrogens is 274 g/mol. The summed E-state index contributed by atoms with van der Waals surface area (Å²) < 4.78 is 9.90. The number of rotatable bonds is 5. The van der Waals surface area contributed by atoms with Gasteiger partial charge in [0.05, 0.1) is 20.6 Å². The standard InChI is InChI=1S/C15H21NO3S/c1-18-11-4-5-12-10(9-11)3-6-13(15(12)16)20-8-7-14(17)19-2/h4-5,9,13,15H,3,6-8,16H2,1-2H3. The molecule has 1 aromatic rings. The van der Waals surface area contributed by atoms with Crippen LogP contribution in [0.25, 0.3) is 0 Å². The Kier molecular flexibility index (Phi) is 5.31. The number of hydrogen-bond acceptors (Lipinski definition) is 5. The van der Waals surface area contributed by atoms with Crippen LogP contribution < -0.4 is 10.5 Å². The van der Waals surface area contributed by atoms with Crippen LogP contribution in [0.4, 0.5) is 0 Å². The van der Waals surface area contributed by atoms with Crippen molar-refractivity contribution in [3.63, 3.8) is 0 Å². The van der Waals surface area contributed by atoms with Crippen molar-refractivity contribution in [3.05, 3.63) is 29.3 Å². The molecule has 2 rings (SSSR count). The molecule has 0 amide bonds. The molecule has 110 valence electrons. The third-order valence-corrected chi connectivity index (χ3v) is 5.07. The highest BCUT2D eigenvalue weighted by Crippen LogP contribution is 2.37. The summed E-state index contributed by atoms with van der Waals surface area (Å²) >= 11 is 1.77.